The summed E-state index contributed by atoms with van der Waals surface area (Å²) in [7, 11) is 3.28. The lowest BCUT2D eigenvalue weighted by atomic mass is 10.3. The highest BCUT2D eigenvalue weighted by molar-refractivity contribution is 9.10. The minimum Gasteiger partial charge on any atom is -0.355 e. The molecular weight excluding hydrogens is 278 g/mol. The average molecular weight is 294 g/mol. The van der Waals surface area contributed by atoms with Crippen LogP contribution in [0.25, 0.3) is 0 Å². The largest absolute Gasteiger partial charge is 0.355 e. The first kappa shape index (κ1) is 13.1. The van der Waals surface area contributed by atoms with Gasteiger partial charge in [0, 0.05) is 36.2 Å². The Morgan fingerprint density at radius 3 is 2.60 bits per heavy atom. The van der Waals surface area contributed by atoms with Crippen LogP contribution in [0, 0.1) is 0 Å². The minimum atomic E-state index is -0.189. The molecular formula is C10H16BrNO2S. The number of ether oxygens (including phenoxy) is 2. The topological polar surface area (TPSA) is 30.5 Å². The Bertz CT molecular complexity index is 289. The third-order valence-corrected chi connectivity index (χ3v) is 4.21. The van der Waals surface area contributed by atoms with Gasteiger partial charge < -0.3 is 14.8 Å². The molecule has 0 aromatic carbocycles. The van der Waals surface area contributed by atoms with E-state index in [1.165, 1.54) is 4.88 Å². The monoisotopic (exact) mass is 293 g/mol. The summed E-state index contributed by atoms with van der Waals surface area (Å²) in [6, 6.07) is 2.36. The van der Waals surface area contributed by atoms with Crippen molar-refractivity contribution in [2.75, 3.05) is 20.8 Å². The fraction of sp³-hybridized carbons (Fsp3) is 0.600. The van der Waals surface area contributed by atoms with Crippen LogP contribution >= 0.6 is 27.3 Å². The van der Waals surface area contributed by atoms with Crippen molar-refractivity contribution in [2.24, 2.45) is 0 Å². The molecule has 1 aromatic heterocycles. The predicted molar refractivity (Wildman–Crippen MR) is 66.2 cm³/mol. The van der Waals surface area contributed by atoms with Crippen molar-refractivity contribution in [1.29, 1.82) is 0 Å². The average Bonchev–Trinajstić information content (AvgIpc) is 2.66. The fourth-order valence-corrected chi connectivity index (χ4v) is 2.99. The molecule has 1 atom stereocenters. The molecule has 1 unspecified atom stereocenters. The Kier molecular flexibility index (Phi) is 5.78. The van der Waals surface area contributed by atoms with Gasteiger partial charge in [0.15, 0.2) is 6.29 Å². The molecule has 3 nitrogen and oxygen atoms in total. The molecule has 0 spiro atoms. The van der Waals surface area contributed by atoms with Crippen LogP contribution in [0.15, 0.2) is 15.9 Å². The second-order valence-electron chi connectivity index (χ2n) is 3.16. The number of halogens is 1. The normalized spacial score (nSPS) is 13.4. The highest BCUT2D eigenvalue weighted by Gasteiger charge is 2.12. The van der Waals surface area contributed by atoms with Gasteiger partial charge in [-0.15, -0.1) is 11.3 Å². The molecule has 0 amide bonds. The van der Waals surface area contributed by atoms with Gasteiger partial charge in [-0.1, -0.05) is 0 Å². The maximum absolute atomic E-state index is 5.10. The molecule has 86 valence electrons. The minimum absolute atomic E-state index is 0.189. The van der Waals surface area contributed by atoms with Crippen LogP contribution in [0.4, 0.5) is 0 Å². The maximum Gasteiger partial charge on any atom is 0.169 e. The zero-order valence-electron chi connectivity index (χ0n) is 9.12. The van der Waals surface area contributed by atoms with Crippen LogP contribution in [-0.4, -0.2) is 27.1 Å². The van der Waals surface area contributed by atoms with Crippen molar-refractivity contribution in [3.05, 3.63) is 20.8 Å². The van der Waals surface area contributed by atoms with E-state index in [0.717, 1.165) is 4.47 Å². The molecule has 0 fully saturated rings. The van der Waals surface area contributed by atoms with Crippen LogP contribution < -0.4 is 5.32 Å². The summed E-state index contributed by atoms with van der Waals surface area (Å²) in [6.07, 6.45) is -0.189. The third-order valence-electron chi connectivity index (χ3n) is 2.15. The van der Waals surface area contributed by atoms with Crippen molar-refractivity contribution in [3.63, 3.8) is 0 Å². The lowest BCUT2D eigenvalue weighted by Gasteiger charge is -2.18. The zero-order chi connectivity index (χ0) is 11.3. The SMILES string of the molecule is COC(CNC(C)c1sccc1Br)OC. The summed E-state index contributed by atoms with van der Waals surface area (Å²) in [5, 5.41) is 5.43. The Balaban J connectivity index is 2.42. The van der Waals surface area contributed by atoms with Gasteiger partial charge in [-0.3, -0.25) is 0 Å². The Morgan fingerprint density at radius 1 is 1.47 bits per heavy atom. The quantitative estimate of drug-likeness (QED) is 0.818. The van der Waals surface area contributed by atoms with E-state index in [-0.39, 0.29) is 6.29 Å². The van der Waals surface area contributed by atoms with E-state index in [9.17, 15) is 0 Å². The molecule has 0 aliphatic rings. The molecule has 0 saturated carbocycles. The molecule has 0 radical (unpaired) electrons. The number of hydrogen-bond donors (Lipinski definition) is 1. The first-order valence-corrected chi connectivity index (χ1v) is 6.38. The van der Waals surface area contributed by atoms with Gasteiger partial charge >= 0.3 is 0 Å². The van der Waals surface area contributed by atoms with E-state index in [0.29, 0.717) is 12.6 Å². The molecule has 0 bridgehead atoms. The second kappa shape index (κ2) is 6.60. The smallest absolute Gasteiger partial charge is 0.169 e. The van der Waals surface area contributed by atoms with Crippen molar-refractivity contribution < 1.29 is 9.47 Å². The molecule has 1 aromatic rings. The van der Waals surface area contributed by atoms with Crippen LogP contribution in [0.1, 0.15) is 17.8 Å². The van der Waals surface area contributed by atoms with Crippen molar-refractivity contribution in [1.82, 2.24) is 5.32 Å². The van der Waals surface area contributed by atoms with Crippen molar-refractivity contribution >= 4 is 27.3 Å². The van der Waals surface area contributed by atoms with E-state index in [1.807, 2.05) is 0 Å². The highest BCUT2D eigenvalue weighted by Crippen LogP contribution is 2.28. The van der Waals surface area contributed by atoms with E-state index in [2.05, 4.69) is 39.6 Å². The summed E-state index contributed by atoms with van der Waals surface area (Å²) in [6.45, 7) is 2.80. The molecule has 1 N–H and O–H groups in total. The summed E-state index contributed by atoms with van der Waals surface area (Å²) < 4.78 is 11.4. The Morgan fingerprint density at radius 2 is 2.13 bits per heavy atom. The molecule has 5 heteroatoms. The molecule has 1 heterocycles. The number of rotatable bonds is 6. The summed E-state index contributed by atoms with van der Waals surface area (Å²) in [5.41, 5.74) is 0. The van der Waals surface area contributed by atoms with Gasteiger partial charge in [0.1, 0.15) is 0 Å². The number of methoxy groups -OCH3 is 2. The van der Waals surface area contributed by atoms with Gasteiger partial charge in [-0.25, -0.2) is 0 Å². The first-order chi connectivity index (χ1) is 7.19. The van der Waals surface area contributed by atoms with E-state index in [1.54, 1.807) is 25.6 Å². The van der Waals surface area contributed by atoms with E-state index >= 15 is 0 Å². The lowest BCUT2D eigenvalue weighted by Crippen LogP contribution is -2.31. The van der Waals surface area contributed by atoms with Crippen molar-refractivity contribution in [2.45, 2.75) is 19.3 Å². The van der Waals surface area contributed by atoms with Crippen molar-refractivity contribution in [3.8, 4) is 0 Å². The van der Waals surface area contributed by atoms with E-state index in [4.69, 9.17) is 9.47 Å². The second-order valence-corrected chi connectivity index (χ2v) is 4.97. The highest BCUT2D eigenvalue weighted by atomic mass is 79.9. The number of thiophene rings is 1. The standard InChI is InChI=1S/C10H16BrNO2S/c1-7(10-8(11)4-5-15-10)12-6-9(13-2)14-3/h4-5,7,9,12H,6H2,1-3H3. The molecule has 1 rings (SSSR count). The van der Waals surface area contributed by atoms with Gasteiger partial charge in [0.25, 0.3) is 0 Å². The fourth-order valence-electron chi connectivity index (χ4n) is 1.24. The molecule has 0 aliphatic carbocycles. The van der Waals surface area contributed by atoms with Crippen LogP contribution in [0.2, 0.25) is 0 Å². The number of hydrogen-bond acceptors (Lipinski definition) is 4. The van der Waals surface area contributed by atoms with Gasteiger partial charge in [-0.2, -0.15) is 0 Å². The summed E-state index contributed by atoms with van der Waals surface area (Å²) >= 11 is 5.25. The first-order valence-electron chi connectivity index (χ1n) is 4.71. The molecule has 0 aliphatic heterocycles. The van der Waals surface area contributed by atoms with E-state index < -0.39 is 0 Å². The third kappa shape index (κ3) is 3.85. The zero-order valence-corrected chi connectivity index (χ0v) is 11.5. The van der Waals surface area contributed by atoms with Crippen LogP contribution in [-0.2, 0) is 9.47 Å². The van der Waals surface area contributed by atoms with Gasteiger partial charge in [-0.05, 0) is 34.3 Å². The predicted octanol–water partition coefficient (Wildman–Crippen LogP) is 2.78. The maximum atomic E-state index is 5.10. The van der Waals surface area contributed by atoms with Crippen LogP contribution in [0.5, 0.6) is 0 Å². The lowest BCUT2D eigenvalue weighted by molar-refractivity contribution is -0.0997. The summed E-state index contributed by atoms with van der Waals surface area (Å²) in [4.78, 5) is 1.29. The Hall–Kier alpha value is 0.0600. The van der Waals surface area contributed by atoms with Gasteiger partial charge in [0.2, 0.25) is 0 Å². The molecule has 15 heavy (non-hydrogen) atoms. The van der Waals surface area contributed by atoms with Crippen LogP contribution in [0.3, 0.4) is 0 Å². The number of nitrogens with one attached hydrogen (secondary N) is 1. The Labute approximate surface area is 103 Å². The molecule has 0 saturated heterocycles. The van der Waals surface area contributed by atoms with Gasteiger partial charge in [0.05, 0.1) is 0 Å². The summed E-state index contributed by atoms with van der Waals surface area (Å²) in [5.74, 6) is 0.